The van der Waals surface area contributed by atoms with Crippen LogP contribution in [0.3, 0.4) is 0 Å². The second kappa shape index (κ2) is 20.5. The summed E-state index contributed by atoms with van der Waals surface area (Å²) in [6.07, 6.45) is 27.8. The fraction of sp³-hybridized carbons (Fsp3) is 0.667. The van der Waals surface area contributed by atoms with E-state index < -0.39 is 7.14 Å². The van der Waals surface area contributed by atoms with Crippen molar-refractivity contribution >= 4 is 12.4 Å². The van der Waals surface area contributed by atoms with Gasteiger partial charge in [-0.05, 0) is 37.3 Å². The normalized spacial score (nSPS) is 12.3. The van der Waals surface area contributed by atoms with Crippen LogP contribution in [0.2, 0.25) is 0 Å². The molecular formula is C30H51OP. The van der Waals surface area contributed by atoms with Crippen LogP contribution in [0, 0.1) is 0 Å². The van der Waals surface area contributed by atoms with Crippen molar-refractivity contribution in [3.63, 3.8) is 0 Å². The van der Waals surface area contributed by atoms with Gasteiger partial charge < -0.3 is 4.57 Å². The summed E-state index contributed by atoms with van der Waals surface area (Å²) >= 11 is 0. The van der Waals surface area contributed by atoms with E-state index in [4.69, 9.17) is 0 Å². The minimum Gasteiger partial charge on any atom is -0.310 e. The zero-order chi connectivity index (χ0) is 23.2. The standard InChI is InChI=1S/C30H51OP/c1-3-5-7-9-11-13-15-17-19-24-28-32(31,30-26-22-21-23-27-30)29-25-20-18-16-14-12-10-8-6-4-2/h21-29H,3-20H2,1-2H3/b28-24+,29-25+. The number of unbranched alkanes of at least 4 members (excludes halogenated alkanes) is 16. The van der Waals surface area contributed by atoms with Gasteiger partial charge in [0, 0.05) is 5.30 Å². The summed E-state index contributed by atoms with van der Waals surface area (Å²) < 4.78 is 13.7. The first-order chi connectivity index (χ1) is 15.7. The molecular weight excluding hydrogens is 407 g/mol. The van der Waals surface area contributed by atoms with Crippen LogP contribution < -0.4 is 5.30 Å². The average Bonchev–Trinajstić information content (AvgIpc) is 2.82. The molecule has 0 spiro atoms. The van der Waals surface area contributed by atoms with E-state index in [0.717, 1.165) is 18.1 Å². The van der Waals surface area contributed by atoms with Crippen LogP contribution >= 0.6 is 7.14 Å². The Morgan fingerprint density at radius 3 is 1.34 bits per heavy atom. The van der Waals surface area contributed by atoms with E-state index in [2.05, 4.69) is 26.0 Å². The van der Waals surface area contributed by atoms with Gasteiger partial charge in [0.2, 0.25) is 0 Å². The van der Waals surface area contributed by atoms with Gasteiger partial charge in [0.1, 0.15) is 0 Å². The number of hydrogen-bond donors (Lipinski definition) is 0. The molecule has 1 aromatic rings. The first-order valence-electron chi connectivity index (χ1n) is 13.7. The third kappa shape index (κ3) is 14.9. The van der Waals surface area contributed by atoms with Gasteiger partial charge in [-0.15, -0.1) is 0 Å². The number of benzene rings is 1. The fourth-order valence-electron chi connectivity index (χ4n) is 4.14. The highest BCUT2D eigenvalue weighted by Crippen LogP contribution is 2.48. The van der Waals surface area contributed by atoms with E-state index in [1.807, 2.05) is 42.0 Å². The molecule has 0 N–H and O–H groups in total. The molecule has 1 rings (SSSR count). The van der Waals surface area contributed by atoms with Crippen LogP contribution in [0.15, 0.2) is 54.1 Å². The Hall–Kier alpha value is -1.07. The predicted octanol–water partition coefficient (Wildman–Crippen LogP) is 10.8. The van der Waals surface area contributed by atoms with Crippen molar-refractivity contribution in [2.24, 2.45) is 0 Å². The molecule has 0 heterocycles. The third-order valence-corrected chi connectivity index (χ3v) is 8.67. The highest BCUT2D eigenvalue weighted by atomic mass is 31.2. The molecule has 2 heteroatoms. The van der Waals surface area contributed by atoms with Crippen molar-refractivity contribution < 1.29 is 4.57 Å². The van der Waals surface area contributed by atoms with Gasteiger partial charge >= 0.3 is 0 Å². The molecule has 0 aliphatic carbocycles. The van der Waals surface area contributed by atoms with Crippen LogP contribution in [0.4, 0.5) is 0 Å². The Morgan fingerprint density at radius 2 is 0.938 bits per heavy atom. The molecule has 32 heavy (non-hydrogen) atoms. The summed E-state index contributed by atoms with van der Waals surface area (Å²) in [6.45, 7) is 4.54. The third-order valence-electron chi connectivity index (χ3n) is 6.26. The number of rotatable bonds is 21. The maximum atomic E-state index is 13.7. The minimum atomic E-state index is -2.58. The van der Waals surface area contributed by atoms with E-state index in [9.17, 15) is 4.57 Å². The van der Waals surface area contributed by atoms with Gasteiger partial charge in [0.25, 0.3) is 0 Å². The summed E-state index contributed by atoms with van der Waals surface area (Å²) in [5, 5.41) is 0.958. The van der Waals surface area contributed by atoms with E-state index in [0.29, 0.717) is 0 Å². The summed E-state index contributed by atoms with van der Waals surface area (Å²) in [6, 6.07) is 10.0. The van der Waals surface area contributed by atoms with Crippen molar-refractivity contribution in [3.8, 4) is 0 Å². The molecule has 0 unspecified atom stereocenters. The molecule has 0 aliphatic rings. The Kier molecular flexibility index (Phi) is 18.6. The summed E-state index contributed by atoms with van der Waals surface area (Å²) in [5.41, 5.74) is 0. The minimum absolute atomic E-state index is 0.958. The molecule has 0 saturated heterocycles. The van der Waals surface area contributed by atoms with Crippen molar-refractivity contribution in [2.45, 2.75) is 129 Å². The predicted molar refractivity (Wildman–Crippen MR) is 146 cm³/mol. The van der Waals surface area contributed by atoms with Crippen LogP contribution in [0.1, 0.15) is 129 Å². The van der Waals surface area contributed by atoms with Gasteiger partial charge in [0.15, 0.2) is 7.14 Å². The second-order valence-electron chi connectivity index (χ2n) is 9.34. The highest BCUT2D eigenvalue weighted by Gasteiger charge is 2.16. The lowest BCUT2D eigenvalue weighted by Crippen LogP contribution is -1.99. The van der Waals surface area contributed by atoms with E-state index in [-0.39, 0.29) is 0 Å². The molecule has 1 aromatic carbocycles. The van der Waals surface area contributed by atoms with Crippen molar-refractivity contribution in [1.29, 1.82) is 0 Å². The lowest BCUT2D eigenvalue weighted by atomic mass is 10.1. The molecule has 0 bridgehead atoms. The van der Waals surface area contributed by atoms with Crippen LogP contribution in [-0.2, 0) is 4.57 Å². The van der Waals surface area contributed by atoms with Crippen LogP contribution in [0.25, 0.3) is 0 Å². The van der Waals surface area contributed by atoms with Gasteiger partial charge in [-0.2, -0.15) is 0 Å². The zero-order valence-corrected chi connectivity index (χ0v) is 22.2. The van der Waals surface area contributed by atoms with Crippen LogP contribution in [-0.4, -0.2) is 0 Å². The van der Waals surface area contributed by atoms with E-state index in [1.165, 1.54) is 103 Å². The summed E-state index contributed by atoms with van der Waals surface area (Å²) in [7, 11) is -2.58. The quantitative estimate of drug-likeness (QED) is 0.132. The molecule has 0 amide bonds. The highest BCUT2D eigenvalue weighted by molar-refractivity contribution is 7.77. The second-order valence-corrected chi connectivity index (χ2v) is 11.9. The van der Waals surface area contributed by atoms with E-state index >= 15 is 0 Å². The molecule has 0 aromatic heterocycles. The number of allylic oxidation sites excluding steroid dienone is 2. The molecule has 0 fully saturated rings. The maximum absolute atomic E-state index is 13.7. The lowest BCUT2D eigenvalue weighted by Gasteiger charge is -2.10. The van der Waals surface area contributed by atoms with Gasteiger partial charge in [-0.3, -0.25) is 0 Å². The maximum Gasteiger partial charge on any atom is 0.156 e. The first kappa shape index (κ1) is 29.0. The van der Waals surface area contributed by atoms with Gasteiger partial charge in [-0.25, -0.2) is 0 Å². The molecule has 0 radical (unpaired) electrons. The Morgan fingerprint density at radius 1 is 0.562 bits per heavy atom. The average molecular weight is 459 g/mol. The van der Waals surface area contributed by atoms with Gasteiger partial charge in [-0.1, -0.05) is 146 Å². The topological polar surface area (TPSA) is 17.1 Å². The van der Waals surface area contributed by atoms with Crippen molar-refractivity contribution in [3.05, 3.63) is 54.1 Å². The SMILES string of the molecule is CCCCCCCCCC/C=C/P(=O)(/C=C/CCCCCCCCCC)c1ccccc1. The summed E-state index contributed by atoms with van der Waals surface area (Å²) in [4.78, 5) is 0. The van der Waals surface area contributed by atoms with Crippen molar-refractivity contribution in [1.82, 2.24) is 0 Å². The van der Waals surface area contributed by atoms with Crippen molar-refractivity contribution in [2.75, 3.05) is 0 Å². The molecule has 182 valence electrons. The Bertz CT molecular complexity index is 597. The van der Waals surface area contributed by atoms with E-state index in [1.54, 1.807) is 0 Å². The van der Waals surface area contributed by atoms with Gasteiger partial charge in [0.05, 0.1) is 0 Å². The Balaban J connectivity index is 2.36. The Labute approximate surface area is 200 Å². The lowest BCUT2D eigenvalue weighted by molar-refractivity contribution is 0.577. The fourth-order valence-corrected chi connectivity index (χ4v) is 6.14. The number of hydrogen-bond acceptors (Lipinski definition) is 1. The smallest absolute Gasteiger partial charge is 0.156 e. The molecule has 0 aliphatic heterocycles. The molecule has 0 atom stereocenters. The van der Waals surface area contributed by atoms with Crippen LogP contribution in [0.5, 0.6) is 0 Å². The monoisotopic (exact) mass is 458 g/mol. The molecule has 0 saturated carbocycles. The largest absolute Gasteiger partial charge is 0.310 e. The summed E-state index contributed by atoms with van der Waals surface area (Å²) in [5.74, 6) is 4.02. The zero-order valence-electron chi connectivity index (χ0n) is 21.3. The molecule has 1 nitrogen and oxygen atoms in total. The first-order valence-corrected chi connectivity index (χ1v) is 15.6.